The number of carbonyl (C=O) groups is 1. The number of hydrogen-bond donors (Lipinski definition) is 2. The molecule has 4 nitrogen and oxygen atoms in total. The molecular formula is C18H28BrClN2O2. The molecule has 1 saturated heterocycles. The molecule has 0 bridgehead atoms. The third-order valence-electron chi connectivity index (χ3n) is 5.05. The van der Waals surface area contributed by atoms with Crippen LogP contribution >= 0.6 is 28.3 Å². The Kier molecular flexibility index (Phi) is 8.71. The van der Waals surface area contributed by atoms with Crippen LogP contribution in [0.5, 0.6) is 0 Å². The van der Waals surface area contributed by atoms with Crippen molar-refractivity contribution < 1.29 is 9.53 Å². The van der Waals surface area contributed by atoms with Gasteiger partial charge in [-0.3, -0.25) is 4.79 Å². The Morgan fingerprint density at radius 1 is 1.42 bits per heavy atom. The van der Waals surface area contributed by atoms with Crippen LogP contribution in [0.1, 0.15) is 38.7 Å². The predicted octanol–water partition coefficient (Wildman–Crippen LogP) is 3.41. The fourth-order valence-corrected chi connectivity index (χ4v) is 3.43. The second-order valence-electron chi connectivity index (χ2n) is 6.53. The van der Waals surface area contributed by atoms with E-state index >= 15 is 0 Å². The third kappa shape index (κ3) is 5.19. The van der Waals surface area contributed by atoms with E-state index in [4.69, 9.17) is 10.5 Å². The number of nitrogens with one attached hydrogen (secondary N) is 1. The Bertz CT molecular complexity index is 536. The summed E-state index contributed by atoms with van der Waals surface area (Å²) in [5.41, 5.74) is 7.22. The van der Waals surface area contributed by atoms with E-state index in [0.717, 1.165) is 36.9 Å². The normalized spacial score (nSPS) is 19.0. The molecule has 0 aliphatic carbocycles. The van der Waals surface area contributed by atoms with Crippen molar-refractivity contribution in [2.45, 2.75) is 44.6 Å². The predicted molar refractivity (Wildman–Crippen MR) is 104 cm³/mol. The zero-order valence-corrected chi connectivity index (χ0v) is 16.8. The minimum absolute atomic E-state index is 0. The molecule has 136 valence electrons. The van der Waals surface area contributed by atoms with Crippen molar-refractivity contribution in [3.05, 3.63) is 34.3 Å². The van der Waals surface area contributed by atoms with Gasteiger partial charge in [0.05, 0.1) is 6.04 Å². The molecule has 0 radical (unpaired) electrons. The molecular weight excluding hydrogens is 392 g/mol. The first-order chi connectivity index (χ1) is 11.0. The Hall–Kier alpha value is -0.620. The molecule has 2 rings (SSSR count). The highest BCUT2D eigenvalue weighted by atomic mass is 79.9. The van der Waals surface area contributed by atoms with Crippen LogP contribution in [0, 0.1) is 5.92 Å². The van der Waals surface area contributed by atoms with E-state index in [1.165, 1.54) is 5.56 Å². The zero-order valence-electron chi connectivity index (χ0n) is 14.4. The summed E-state index contributed by atoms with van der Waals surface area (Å²) in [6, 6.07) is 7.90. The fraction of sp³-hybridized carbons (Fsp3) is 0.611. The number of carbonyl (C=O) groups excluding carboxylic acids is 1. The molecule has 24 heavy (non-hydrogen) atoms. The molecule has 2 atom stereocenters. The lowest BCUT2D eigenvalue weighted by Crippen LogP contribution is -2.50. The molecule has 1 heterocycles. The lowest BCUT2D eigenvalue weighted by atomic mass is 9.74. The standard InChI is InChI=1S/C18H27BrN2O2.ClH/c1-3-13(2)16(20)17(22)21-12-18(7-9-23-10-8-18)14-5-4-6-15(19)11-14;/h4-6,11,13,16H,3,7-10,12,20H2,1-2H3,(H,21,22);1H. The Balaban J connectivity index is 0.00000288. The van der Waals surface area contributed by atoms with E-state index in [-0.39, 0.29) is 29.6 Å². The lowest BCUT2D eigenvalue weighted by molar-refractivity contribution is -0.123. The summed E-state index contributed by atoms with van der Waals surface area (Å²) in [5.74, 6) is 0.131. The molecule has 0 spiro atoms. The molecule has 1 aromatic carbocycles. The number of rotatable bonds is 6. The van der Waals surface area contributed by atoms with Crippen molar-refractivity contribution in [2.75, 3.05) is 19.8 Å². The summed E-state index contributed by atoms with van der Waals surface area (Å²) >= 11 is 3.55. The first-order valence-electron chi connectivity index (χ1n) is 8.35. The fourth-order valence-electron chi connectivity index (χ4n) is 3.03. The molecule has 0 aromatic heterocycles. The van der Waals surface area contributed by atoms with Crippen LogP contribution in [-0.2, 0) is 14.9 Å². The van der Waals surface area contributed by atoms with Gasteiger partial charge in [-0.2, -0.15) is 0 Å². The summed E-state index contributed by atoms with van der Waals surface area (Å²) in [4.78, 5) is 12.3. The van der Waals surface area contributed by atoms with Crippen LogP contribution in [-0.4, -0.2) is 31.7 Å². The van der Waals surface area contributed by atoms with Crippen molar-refractivity contribution >= 4 is 34.2 Å². The molecule has 1 fully saturated rings. The van der Waals surface area contributed by atoms with Crippen LogP contribution in [0.4, 0.5) is 0 Å². The second kappa shape index (κ2) is 9.76. The molecule has 0 saturated carbocycles. The summed E-state index contributed by atoms with van der Waals surface area (Å²) < 4.78 is 6.60. The maximum Gasteiger partial charge on any atom is 0.237 e. The van der Waals surface area contributed by atoms with Gasteiger partial charge >= 0.3 is 0 Å². The molecule has 1 amide bonds. The number of hydrogen-bond acceptors (Lipinski definition) is 3. The highest BCUT2D eigenvalue weighted by Crippen LogP contribution is 2.35. The average Bonchev–Trinajstić information content (AvgIpc) is 2.59. The maximum atomic E-state index is 12.3. The summed E-state index contributed by atoms with van der Waals surface area (Å²) in [5, 5.41) is 3.09. The molecule has 1 aromatic rings. The SMILES string of the molecule is CCC(C)C(N)C(=O)NCC1(c2cccc(Br)c2)CCOCC1.Cl. The minimum Gasteiger partial charge on any atom is -0.381 e. The van der Waals surface area contributed by atoms with E-state index in [2.05, 4.69) is 40.3 Å². The number of halogens is 2. The van der Waals surface area contributed by atoms with E-state index in [0.29, 0.717) is 6.54 Å². The molecule has 2 unspecified atom stereocenters. The van der Waals surface area contributed by atoms with Gasteiger partial charge in [0.2, 0.25) is 5.91 Å². The number of amides is 1. The van der Waals surface area contributed by atoms with E-state index < -0.39 is 6.04 Å². The highest BCUT2D eigenvalue weighted by Gasteiger charge is 2.35. The van der Waals surface area contributed by atoms with Crippen LogP contribution in [0.25, 0.3) is 0 Å². The molecule has 1 aliphatic rings. The number of nitrogens with two attached hydrogens (primary N) is 1. The summed E-state index contributed by atoms with van der Waals surface area (Å²) in [6.45, 7) is 6.12. The maximum absolute atomic E-state index is 12.3. The van der Waals surface area contributed by atoms with Gasteiger partial charge < -0.3 is 15.8 Å². The van der Waals surface area contributed by atoms with Crippen molar-refractivity contribution in [1.82, 2.24) is 5.32 Å². The smallest absolute Gasteiger partial charge is 0.237 e. The van der Waals surface area contributed by atoms with Gasteiger partial charge in [0.15, 0.2) is 0 Å². The lowest BCUT2D eigenvalue weighted by Gasteiger charge is -2.38. The minimum atomic E-state index is -0.445. The summed E-state index contributed by atoms with van der Waals surface area (Å²) in [7, 11) is 0. The quantitative estimate of drug-likeness (QED) is 0.742. The largest absolute Gasteiger partial charge is 0.381 e. The van der Waals surface area contributed by atoms with Gasteiger partial charge in [-0.05, 0) is 36.5 Å². The van der Waals surface area contributed by atoms with Crippen LogP contribution < -0.4 is 11.1 Å². The van der Waals surface area contributed by atoms with Gasteiger partial charge in [0.1, 0.15) is 0 Å². The van der Waals surface area contributed by atoms with Crippen LogP contribution in [0.3, 0.4) is 0 Å². The van der Waals surface area contributed by atoms with Crippen molar-refractivity contribution in [1.29, 1.82) is 0 Å². The molecule has 6 heteroatoms. The Morgan fingerprint density at radius 2 is 2.08 bits per heavy atom. The first-order valence-corrected chi connectivity index (χ1v) is 9.15. The van der Waals surface area contributed by atoms with Gasteiger partial charge in [-0.15, -0.1) is 12.4 Å². The highest BCUT2D eigenvalue weighted by molar-refractivity contribution is 9.10. The Morgan fingerprint density at radius 3 is 2.67 bits per heavy atom. The number of ether oxygens (including phenoxy) is 1. The van der Waals surface area contributed by atoms with Gasteiger partial charge in [0, 0.05) is 29.6 Å². The van der Waals surface area contributed by atoms with Crippen molar-refractivity contribution in [2.24, 2.45) is 11.7 Å². The monoisotopic (exact) mass is 418 g/mol. The van der Waals surface area contributed by atoms with Crippen LogP contribution in [0.15, 0.2) is 28.7 Å². The van der Waals surface area contributed by atoms with Gasteiger partial charge in [-0.1, -0.05) is 48.3 Å². The van der Waals surface area contributed by atoms with Crippen molar-refractivity contribution in [3.8, 4) is 0 Å². The zero-order chi connectivity index (χ0) is 16.9. The van der Waals surface area contributed by atoms with E-state index in [1.807, 2.05) is 19.1 Å². The van der Waals surface area contributed by atoms with Crippen molar-refractivity contribution in [3.63, 3.8) is 0 Å². The molecule has 3 N–H and O–H groups in total. The third-order valence-corrected chi connectivity index (χ3v) is 5.54. The van der Waals surface area contributed by atoms with Crippen LogP contribution in [0.2, 0.25) is 0 Å². The van der Waals surface area contributed by atoms with Gasteiger partial charge in [0.25, 0.3) is 0 Å². The number of benzene rings is 1. The first kappa shape index (κ1) is 21.4. The summed E-state index contributed by atoms with van der Waals surface area (Å²) in [6.07, 6.45) is 2.71. The topological polar surface area (TPSA) is 64.4 Å². The molecule has 1 aliphatic heterocycles. The van der Waals surface area contributed by atoms with E-state index in [1.54, 1.807) is 0 Å². The second-order valence-corrected chi connectivity index (χ2v) is 7.45. The van der Waals surface area contributed by atoms with Gasteiger partial charge in [-0.25, -0.2) is 0 Å². The van der Waals surface area contributed by atoms with E-state index in [9.17, 15) is 4.79 Å². The average molecular weight is 420 g/mol. The Labute approximate surface area is 159 Å².